The zero-order valence-electron chi connectivity index (χ0n) is 30.2. The van der Waals surface area contributed by atoms with Gasteiger partial charge >= 0.3 is 12.3 Å². The fraction of sp³-hybridized carbons (Fsp3) is 0.500. The lowest BCUT2D eigenvalue weighted by Crippen LogP contribution is -2.44. The highest BCUT2D eigenvalue weighted by atomic mass is 28.3. The van der Waals surface area contributed by atoms with Crippen LogP contribution in [0.4, 0.5) is 23.7 Å². The van der Waals surface area contributed by atoms with Gasteiger partial charge in [-0.15, -0.1) is 0 Å². The van der Waals surface area contributed by atoms with E-state index in [-0.39, 0.29) is 54.5 Å². The molecule has 3 heterocycles. The molecule has 0 aromatic carbocycles. The number of alkyl halides is 3. The number of carbonyl (C=O) groups is 3. The Morgan fingerprint density at radius 3 is 2.47 bits per heavy atom. The zero-order chi connectivity index (χ0) is 38.1. The summed E-state index contributed by atoms with van der Waals surface area (Å²) in [7, 11) is 2.84. The molecule has 3 aromatic heterocycles. The van der Waals surface area contributed by atoms with Crippen molar-refractivity contribution in [1.82, 2.24) is 24.3 Å². The number of carbonyl (C=O) groups excluding carboxylic acids is 3. The summed E-state index contributed by atoms with van der Waals surface area (Å²) in [5.74, 6) is -1.34. The van der Waals surface area contributed by atoms with Crippen molar-refractivity contribution in [2.75, 3.05) is 33.1 Å². The zero-order valence-corrected chi connectivity index (χ0v) is 31.2. The molecular formula is C34H47F3N6O7Si. The highest BCUT2D eigenvalue weighted by molar-refractivity contribution is 6.76. The Bertz CT molecular complexity index is 1780. The Morgan fingerprint density at radius 1 is 1.16 bits per heavy atom. The quantitative estimate of drug-likeness (QED) is 0.112. The minimum absolute atomic E-state index is 0.0806. The number of aromatic nitrogens is 3. The van der Waals surface area contributed by atoms with Crippen LogP contribution >= 0.6 is 0 Å². The van der Waals surface area contributed by atoms with Gasteiger partial charge in [0, 0.05) is 46.9 Å². The van der Waals surface area contributed by atoms with Crippen LogP contribution in [0, 0.1) is 0 Å². The number of amides is 3. The summed E-state index contributed by atoms with van der Waals surface area (Å²) in [6.45, 7) is 9.92. The number of nitrogens with one attached hydrogen (secondary N) is 2. The van der Waals surface area contributed by atoms with Crippen molar-refractivity contribution in [3.05, 3.63) is 64.4 Å². The van der Waals surface area contributed by atoms with Gasteiger partial charge in [0.05, 0.1) is 25.3 Å². The number of methoxy groups -OCH3 is 1. The van der Waals surface area contributed by atoms with Crippen LogP contribution < -0.4 is 20.9 Å². The summed E-state index contributed by atoms with van der Waals surface area (Å²) < 4.78 is 61.7. The summed E-state index contributed by atoms with van der Waals surface area (Å²) >= 11 is 0. The topological polar surface area (TPSA) is 146 Å². The summed E-state index contributed by atoms with van der Waals surface area (Å²) in [6, 6.07) is 4.20. The summed E-state index contributed by atoms with van der Waals surface area (Å²) in [4.78, 5) is 56.3. The predicted octanol–water partition coefficient (Wildman–Crippen LogP) is 5.45. The molecule has 0 aliphatic carbocycles. The third-order valence-electron chi connectivity index (χ3n) is 7.56. The van der Waals surface area contributed by atoms with Gasteiger partial charge in [-0.05, 0) is 57.0 Å². The number of rotatable bonds is 16. The Morgan fingerprint density at radius 2 is 1.86 bits per heavy atom. The number of ether oxygens (including phenoxy) is 3. The highest BCUT2D eigenvalue weighted by Gasteiger charge is 2.37. The van der Waals surface area contributed by atoms with Crippen LogP contribution in [0.25, 0.3) is 11.0 Å². The van der Waals surface area contributed by atoms with Crippen LogP contribution in [0.2, 0.25) is 25.7 Å². The van der Waals surface area contributed by atoms with Crippen LogP contribution in [-0.4, -0.2) is 85.0 Å². The van der Waals surface area contributed by atoms with E-state index in [2.05, 4.69) is 40.0 Å². The van der Waals surface area contributed by atoms with Crippen molar-refractivity contribution in [1.29, 1.82) is 0 Å². The number of hydrogen-bond donors (Lipinski definition) is 2. The molecule has 51 heavy (non-hydrogen) atoms. The Hall–Kier alpha value is -4.64. The molecule has 1 atom stereocenters. The Labute approximate surface area is 295 Å². The minimum atomic E-state index is -4.75. The van der Waals surface area contributed by atoms with Crippen LogP contribution in [0.3, 0.4) is 0 Å². The monoisotopic (exact) mass is 736 g/mol. The van der Waals surface area contributed by atoms with Crippen molar-refractivity contribution >= 4 is 42.7 Å². The number of hydrogen-bond acceptors (Lipinski definition) is 8. The minimum Gasteiger partial charge on any atom is -0.488 e. The largest absolute Gasteiger partial charge is 0.488 e. The lowest BCUT2D eigenvalue weighted by molar-refractivity contribution is -0.139. The average Bonchev–Trinajstić information content (AvgIpc) is 3.38. The molecule has 17 heteroatoms. The van der Waals surface area contributed by atoms with Crippen molar-refractivity contribution in [3.63, 3.8) is 0 Å². The molecule has 13 nitrogen and oxygen atoms in total. The normalized spacial score (nSPS) is 12.7. The van der Waals surface area contributed by atoms with Crippen LogP contribution in [0.5, 0.6) is 5.75 Å². The molecule has 3 amide bonds. The van der Waals surface area contributed by atoms with E-state index in [0.29, 0.717) is 12.3 Å². The molecule has 0 spiro atoms. The second-order valence-corrected chi connectivity index (χ2v) is 19.2. The predicted molar refractivity (Wildman–Crippen MR) is 189 cm³/mol. The number of allylic oxidation sites excluding steroid dienone is 1. The van der Waals surface area contributed by atoms with E-state index in [4.69, 9.17) is 9.47 Å². The first-order chi connectivity index (χ1) is 23.8. The molecule has 0 saturated carbocycles. The Kier molecular flexibility index (Phi) is 14.0. The van der Waals surface area contributed by atoms with E-state index in [1.165, 1.54) is 38.4 Å². The lowest BCUT2D eigenvalue weighted by Gasteiger charge is -2.20. The van der Waals surface area contributed by atoms with Crippen LogP contribution in [-0.2, 0) is 38.5 Å². The molecule has 2 N–H and O–H groups in total. The van der Waals surface area contributed by atoms with Gasteiger partial charge in [0.2, 0.25) is 11.8 Å². The number of alkyl carbamates (subject to hydrolysis) is 1. The van der Waals surface area contributed by atoms with E-state index >= 15 is 0 Å². The second kappa shape index (κ2) is 17.5. The maximum absolute atomic E-state index is 14.2. The first-order valence-corrected chi connectivity index (χ1v) is 20.1. The molecule has 0 saturated heterocycles. The first kappa shape index (κ1) is 40.8. The van der Waals surface area contributed by atoms with Gasteiger partial charge in [0.15, 0.2) is 5.75 Å². The van der Waals surface area contributed by atoms with E-state index in [0.717, 1.165) is 19.4 Å². The maximum atomic E-state index is 14.2. The first-order valence-electron chi connectivity index (χ1n) is 16.4. The number of pyridine rings is 2. The van der Waals surface area contributed by atoms with E-state index in [1.54, 1.807) is 40.1 Å². The summed E-state index contributed by atoms with van der Waals surface area (Å²) in [5, 5.41) is 5.00. The highest BCUT2D eigenvalue weighted by Crippen LogP contribution is 2.41. The molecule has 0 aliphatic rings. The van der Waals surface area contributed by atoms with E-state index < -0.39 is 49.5 Å². The van der Waals surface area contributed by atoms with Crippen LogP contribution in [0.1, 0.15) is 37.9 Å². The summed E-state index contributed by atoms with van der Waals surface area (Å²) in [6.07, 6.45) is -0.747. The van der Waals surface area contributed by atoms with Crippen molar-refractivity contribution < 1.29 is 41.8 Å². The molecule has 3 aromatic rings. The Balaban J connectivity index is 1.99. The third kappa shape index (κ3) is 11.7. The number of nitrogens with zero attached hydrogens (tertiary/aromatic N) is 4. The van der Waals surface area contributed by atoms with Crippen LogP contribution in [0.15, 0.2) is 47.5 Å². The molecule has 0 bridgehead atoms. The fourth-order valence-corrected chi connectivity index (χ4v) is 5.59. The molecule has 3 rings (SSSR count). The fourth-order valence-electron chi connectivity index (χ4n) is 4.83. The maximum Gasteiger partial charge on any atom is 0.421 e. The SMILES string of the molecule is COC(=O)N[C@@H](CC/C=C/C(=O)N(C)C)C(=O)Nc1cccn(Cc2cc3ncc(C(F)(F)F)c(OC(C)C)c3n2COCC[Si](C)(C)C)c1=O. The van der Waals surface area contributed by atoms with Gasteiger partial charge in [-0.3, -0.25) is 19.4 Å². The number of halogens is 3. The standard InChI is InChI=1S/C34H47F3N6O7Si/c1-22(2)50-30-24(34(35,36)37)19-38-27-18-23(43(29(27)30)21-49-16-17-51(6,7)8)20-42-15-11-13-26(32(42)46)39-31(45)25(40-33(47)48-5)12-9-10-14-28(44)41(3)4/h10-11,13-15,18-19,22,25H,9,12,16-17,20-21H2,1-8H3,(H,39,45)(H,40,47)/b14-10+/t25-/m0/s1. The molecular weight excluding hydrogens is 689 g/mol. The second-order valence-electron chi connectivity index (χ2n) is 13.6. The van der Waals surface area contributed by atoms with E-state index in [1.807, 2.05) is 0 Å². The lowest BCUT2D eigenvalue weighted by atomic mass is 10.1. The van der Waals surface area contributed by atoms with Crippen molar-refractivity contribution in [2.24, 2.45) is 0 Å². The smallest absolute Gasteiger partial charge is 0.421 e. The average molecular weight is 737 g/mol. The van der Waals surface area contributed by atoms with Gasteiger partial charge in [0.1, 0.15) is 29.5 Å². The number of anilines is 1. The molecule has 280 valence electrons. The van der Waals surface area contributed by atoms with Gasteiger partial charge < -0.3 is 38.9 Å². The van der Waals surface area contributed by atoms with Gasteiger partial charge in [-0.25, -0.2) is 4.79 Å². The molecule has 0 fully saturated rings. The van der Waals surface area contributed by atoms with Gasteiger partial charge in [-0.1, -0.05) is 25.7 Å². The third-order valence-corrected chi connectivity index (χ3v) is 9.26. The molecule has 0 aliphatic heterocycles. The molecule has 0 unspecified atom stereocenters. The number of fused-ring (bicyclic) bond motifs is 1. The van der Waals surface area contributed by atoms with Gasteiger partial charge in [0.25, 0.3) is 5.56 Å². The number of likely N-dealkylation sites (N-methyl/N-ethyl adjacent to an activating group) is 1. The van der Waals surface area contributed by atoms with Crippen molar-refractivity contribution in [3.8, 4) is 5.75 Å². The van der Waals surface area contributed by atoms with E-state index in [9.17, 15) is 32.3 Å². The van der Waals surface area contributed by atoms with Crippen molar-refractivity contribution in [2.45, 2.75) is 84.0 Å². The summed E-state index contributed by atoms with van der Waals surface area (Å²) in [5.41, 5.74) is -1.04. The van der Waals surface area contributed by atoms with Gasteiger partial charge in [-0.2, -0.15) is 13.2 Å². The molecule has 0 radical (unpaired) electrons.